The second-order valence-electron chi connectivity index (χ2n) is 6.67. The van der Waals surface area contributed by atoms with Gasteiger partial charge in [0.1, 0.15) is 12.6 Å². The monoisotopic (exact) mass is 374 g/mol. The number of carbonyl (C=O) groups excluding carboxylic acids is 1. The smallest absolute Gasteiger partial charge is 0.228 e. The predicted molar refractivity (Wildman–Crippen MR) is 105 cm³/mol. The minimum Gasteiger partial charge on any atom is -0.394 e. The third kappa shape index (κ3) is 4.07. The van der Waals surface area contributed by atoms with E-state index < -0.39 is 12.1 Å². The SMILES string of the molecule is COCC#Cc1ccc([C@@H]2[C@@H](C#N)N(C(=O)Cc3ccccc3)[C@@H]2CO)cc1. The summed E-state index contributed by atoms with van der Waals surface area (Å²) in [6.07, 6.45) is 0.219. The number of nitrogens with zero attached hydrogens (tertiary/aromatic N) is 2. The molecule has 1 aliphatic heterocycles. The fourth-order valence-corrected chi connectivity index (χ4v) is 3.61. The zero-order valence-corrected chi connectivity index (χ0v) is 15.7. The van der Waals surface area contributed by atoms with Gasteiger partial charge in [0.05, 0.1) is 25.1 Å². The van der Waals surface area contributed by atoms with Gasteiger partial charge in [-0.05, 0) is 23.3 Å². The quantitative estimate of drug-likeness (QED) is 0.814. The molecule has 142 valence electrons. The lowest BCUT2D eigenvalue weighted by atomic mass is 9.75. The van der Waals surface area contributed by atoms with Crippen molar-refractivity contribution < 1.29 is 14.6 Å². The zero-order valence-electron chi connectivity index (χ0n) is 15.7. The minimum atomic E-state index is -0.584. The van der Waals surface area contributed by atoms with E-state index in [-0.39, 0.29) is 24.9 Å². The van der Waals surface area contributed by atoms with Gasteiger partial charge in [-0.2, -0.15) is 5.26 Å². The second kappa shape index (κ2) is 9.19. The third-order valence-electron chi connectivity index (χ3n) is 4.96. The Labute approximate surface area is 165 Å². The van der Waals surface area contributed by atoms with Crippen LogP contribution >= 0.6 is 0 Å². The van der Waals surface area contributed by atoms with Gasteiger partial charge in [0.25, 0.3) is 0 Å². The van der Waals surface area contributed by atoms with Gasteiger partial charge in [0.2, 0.25) is 5.91 Å². The van der Waals surface area contributed by atoms with E-state index >= 15 is 0 Å². The normalized spacial score (nSPS) is 20.5. The summed E-state index contributed by atoms with van der Waals surface area (Å²) < 4.78 is 4.91. The van der Waals surface area contributed by atoms with E-state index in [1.807, 2.05) is 54.6 Å². The van der Waals surface area contributed by atoms with Crippen LogP contribution in [0.5, 0.6) is 0 Å². The predicted octanol–water partition coefficient (Wildman–Crippen LogP) is 2.11. The maximum absolute atomic E-state index is 12.7. The van der Waals surface area contributed by atoms with Crippen molar-refractivity contribution in [3.63, 3.8) is 0 Å². The van der Waals surface area contributed by atoms with Crippen LogP contribution in [0.2, 0.25) is 0 Å². The fraction of sp³-hybridized carbons (Fsp3) is 0.304. The number of benzene rings is 2. The van der Waals surface area contributed by atoms with E-state index in [0.717, 1.165) is 16.7 Å². The molecule has 5 nitrogen and oxygen atoms in total. The summed E-state index contributed by atoms with van der Waals surface area (Å²) in [5.74, 6) is 5.54. The zero-order chi connectivity index (χ0) is 19.9. The molecule has 3 rings (SSSR count). The van der Waals surface area contributed by atoms with Crippen LogP contribution < -0.4 is 0 Å². The number of hydrogen-bond acceptors (Lipinski definition) is 4. The number of rotatable bonds is 5. The number of carbonyl (C=O) groups is 1. The largest absolute Gasteiger partial charge is 0.394 e. The van der Waals surface area contributed by atoms with Crippen molar-refractivity contribution in [2.45, 2.75) is 24.4 Å². The van der Waals surface area contributed by atoms with Crippen LogP contribution in [0.3, 0.4) is 0 Å². The summed E-state index contributed by atoms with van der Waals surface area (Å²) in [4.78, 5) is 14.3. The van der Waals surface area contributed by atoms with Gasteiger partial charge in [0.15, 0.2) is 0 Å². The molecule has 3 atom stereocenters. The van der Waals surface area contributed by atoms with E-state index in [2.05, 4.69) is 17.9 Å². The van der Waals surface area contributed by atoms with Gasteiger partial charge in [-0.1, -0.05) is 54.3 Å². The molecule has 0 bridgehead atoms. The number of aliphatic hydroxyl groups excluding tert-OH is 1. The van der Waals surface area contributed by atoms with E-state index in [4.69, 9.17) is 4.74 Å². The highest BCUT2D eigenvalue weighted by molar-refractivity contribution is 5.81. The van der Waals surface area contributed by atoms with E-state index in [0.29, 0.717) is 6.61 Å². The van der Waals surface area contributed by atoms with Crippen LogP contribution in [-0.4, -0.2) is 48.3 Å². The van der Waals surface area contributed by atoms with Crippen molar-refractivity contribution in [2.24, 2.45) is 0 Å². The molecule has 28 heavy (non-hydrogen) atoms. The highest BCUT2D eigenvalue weighted by Crippen LogP contribution is 2.40. The Kier molecular flexibility index (Phi) is 6.45. The first kappa shape index (κ1) is 19.6. The first-order chi connectivity index (χ1) is 13.7. The van der Waals surface area contributed by atoms with Gasteiger partial charge in [0, 0.05) is 18.6 Å². The molecule has 1 saturated heterocycles. The summed E-state index contributed by atoms with van der Waals surface area (Å²) in [5, 5.41) is 19.5. The average Bonchev–Trinajstić information content (AvgIpc) is 2.70. The topological polar surface area (TPSA) is 73.6 Å². The second-order valence-corrected chi connectivity index (χ2v) is 6.67. The van der Waals surface area contributed by atoms with E-state index in [1.54, 1.807) is 7.11 Å². The van der Waals surface area contributed by atoms with Crippen LogP contribution in [0.25, 0.3) is 0 Å². The number of methoxy groups -OCH3 is 1. The van der Waals surface area contributed by atoms with Crippen molar-refractivity contribution in [3.8, 4) is 17.9 Å². The van der Waals surface area contributed by atoms with Crippen LogP contribution in [0.4, 0.5) is 0 Å². The standard InChI is InChI=1S/C23H22N2O3/c1-28-13-5-8-17-9-11-19(12-10-17)23-20(15-24)25(21(23)16-26)22(27)14-18-6-3-2-4-7-18/h2-4,6-7,9-12,20-21,23,26H,13-14,16H2,1H3/t20-,21-,23-/m1/s1. The van der Waals surface area contributed by atoms with Crippen molar-refractivity contribution >= 4 is 5.91 Å². The Morgan fingerprint density at radius 1 is 1.18 bits per heavy atom. The molecule has 0 spiro atoms. The average molecular weight is 374 g/mol. The molecule has 1 amide bonds. The number of hydrogen-bond donors (Lipinski definition) is 1. The first-order valence-corrected chi connectivity index (χ1v) is 9.13. The highest BCUT2D eigenvalue weighted by Gasteiger charge is 2.51. The Hall–Kier alpha value is -3.12. The molecular weight excluding hydrogens is 352 g/mol. The number of aliphatic hydroxyl groups is 1. The summed E-state index contributed by atoms with van der Waals surface area (Å²) in [5.41, 5.74) is 2.67. The van der Waals surface area contributed by atoms with Crippen molar-refractivity contribution in [3.05, 3.63) is 71.3 Å². The number of ether oxygens (including phenoxy) is 1. The molecule has 0 unspecified atom stereocenters. The van der Waals surface area contributed by atoms with Gasteiger partial charge < -0.3 is 14.7 Å². The molecule has 0 aliphatic carbocycles. The number of likely N-dealkylation sites (tertiary alicyclic amines) is 1. The minimum absolute atomic E-state index is 0.143. The molecule has 1 heterocycles. The Morgan fingerprint density at radius 2 is 1.89 bits per heavy atom. The van der Waals surface area contributed by atoms with E-state index in [1.165, 1.54) is 4.90 Å². The van der Waals surface area contributed by atoms with E-state index in [9.17, 15) is 15.2 Å². The third-order valence-corrected chi connectivity index (χ3v) is 4.96. The number of nitriles is 1. The fourth-order valence-electron chi connectivity index (χ4n) is 3.61. The molecule has 5 heteroatoms. The van der Waals surface area contributed by atoms with Crippen LogP contribution in [-0.2, 0) is 16.0 Å². The molecule has 2 aromatic rings. The molecule has 1 aliphatic rings. The summed E-state index contributed by atoms with van der Waals surface area (Å²) >= 11 is 0. The van der Waals surface area contributed by atoms with Gasteiger partial charge in [-0.3, -0.25) is 4.79 Å². The Bertz CT molecular complexity index is 907. The highest BCUT2D eigenvalue weighted by atomic mass is 16.5. The molecule has 0 radical (unpaired) electrons. The van der Waals surface area contributed by atoms with Gasteiger partial charge >= 0.3 is 0 Å². The van der Waals surface area contributed by atoms with Gasteiger partial charge in [-0.15, -0.1) is 0 Å². The summed E-state index contributed by atoms with van der Waals surface area (Å²) in [7, 11) is 1.59. The molecule has 1 N–H and O–H groups in total. The van der Waals surface area contributed by atoms with Crippen molar-refractivity contribution in [2.75, 3.05) is 20.3 Å². The first-order valence-electron chi connectivity index (χ1n) is 9.13. The molecule has 0 aromatic heterocycles. The van der Waals surface area contributed by atoms with Crippen molar-refractivity contribution in [1.29, 1.82) is 5.26 Å². The summed E-state index contributed by atoms with van der Waals surface area (Å²) in [6.45, 7) is 0.185. The maximum Gasteiger partial charge on any atom is 0.228 e. The molecule has 0 saturated carbocycles. The lowest BCUT2D eigenvalue weighted by Gasteiger charge is -2.51. The van der Waals surface area contributed by atoms with Crippen LogP contribution in [0.1, 0.15) is 22.6 Å². The van der Waals surface area contributed by atoms with Crippen molar-refractivity contribution in [1.82, 2.24) is 4.90 Å². The molecule has 1 fully saturated rings. The van der Waals surface area contributed by atoms with Crippen LogP contribution in [0, 0.1) is 23.2 Å². The number of amides is 1. The summed E-state index contributed by atoms with van der Waals surface area (Å²) in [6, 6.07) is 18.3. The Balaban J connectivity index is 1.75. The van der Waals surface area contributed by atoms with Gasteiger partial charge in [-0.25, -0.2) is 0 Å². The molecule has 2 aromatic carbocycles. The van der Waals surface area contributed by atoms with Crippen LogP contribution in [0.15, 0.2) is 54.6 Å². The lowest BCUT2D eigenvalue weighted by molar-refractivity contribution is -0.146. The Morgan fingerprint density at radius 3 is 2.50 bits per heavy atom. The maximum atomic E-state index is 12.7. The lowest BCUT2D eigenvalue weighted by Crippen LogP contribution is -2.65. The molecular formula is C23H22N2O3.